The Kier molecular flexibility index (Phi) is 5.83. The lowest BCUT2D eigenvalue weighted by Gasteiger charge is -2.42. The van der Waals surface area contributed by atoms with Gasteiger partial charge >= 0.3 is 0 Å². The van der Waals surface area contributed by atoms with E-state index in [2.05, 4.69) is 68.5 Å². The Hall–Kier alpha value is -0.860. The Balaban J connectivity index is 2.12. The number of nitrogens with one attached hydrogen (secondary N) is 1. The molecule has 1 aliphatic rings. The monoisotopic (exact) mass is 288 g/mol. The van der Waals surface area contributed by atoms with E-state index in [0.717, 1.165) is 25.0 Å². The van der Waals surface area contributed by atoms with E-state index in [1.54, 1.807) is 0 Å². The summed E-state index contributed by atoms with van der Waals surface area (Å²) in [5.74, 6) is 0.832. The standard InChI is InChI=1S/C19H32N2/c1-16-10-8-9-13-18(16)21(4)15-19(2,14-20-3)17-11-6-5-7-12-17/h5-7,11-12,16,18,20H,8-10,13-15H2,1-4H3. The molecule has 0 amide bonds. The smallest absolute Gasteiger partial charge is 0.0176 e. The fourth-order valence-corrected chi connectivity index (χ4v) is 4.10. The summed E-state index contributed by atoms with van der Waals surface area (Å²) >= 11 is 0. The Morgan fingerprint density at radius 1 is 1.19 bits per heavy atom. The summed E-state index contributed by atoms with van der Waals surface area (Å²) in [6.07, 6.45) is 5.57. The lowest BCUT2D eigenvalue weighted by molar-refractivity contribution is 0.114. The van der Waals surface area contributed by atoms with Crippen LogP contribution in [0.25, 0.3) is 0 Å². The van der Waals surface area contributed by atoms with Crippen LogP contribution in [0.3, 0.4) is 0 Å². The second-order valence-electron chi connectivity index (χ2n) is 7.20. The van der Waals surface area contributed by atoms with Gasteiger partial charge in [0, 0.05) is 24.5 Å². The van der Waals surface area contributed by atoms with E-state index in [1.807, 2.05) is 0 Å². The summed E-state index contributed by atoms with van der Waals surface area (Å²) in [4.78, 5) is 2.62. The molecule has 1 saturated carbocycles. The van der Waals surface area contributed by atoms with E-state index in [-0.39, 0.29) is 5.41 Å². The maximum Gasteiger partial charge on any atom is 0.0176 e. The van der Waals surface area contributed by atoms with Crippen LogP contribution in [0.4, 0.5) is 0 Å². The van der Waals surface area contributed by atoms with Gasteiger partial charge in [-0.25, -0.2) is 0 Å². The number of hydrogen-bond donors (Lipinski definition) is 1. The van der Waals surface area contributed by atoms with Gasteiger partial charge in [0.1, 0.15) is 0 Å². The van der Waals surface area contributed by atoms with Crippen molar-refractivity contribution >= 4 is 0 Å². The fourth-order valence-electron chi connectivity index (χ4n) is 4.10. The zero-order valence-corrected chi connectivity index (χ0v) is 14.2. The molecule has 0 aromatic heterocycles. The number of benzene rings is 1. The highest BCUT2D eigenvalue weighted by atomic mass is 15.1. The van der Waals surface area contributed by atoms with Gasteiger partial charge in [0.2, 0.25) is 0 Å². The second kappa shape index (κ2) is 7.42. The van der Waals surface area contributed by atoms with E-state index in [0.29, 0.717) is 0 Å². The molecule has 0 bridgehead atoms. The Morgan fingerprint density at radius 2 is 1.86 bits per heavy atom. The molecule has 2 nitrogen and oxygen atoms in total. The average molecular weight is 288 g/mol. The predicted molar refractivity (Wildman–Crippen MR) is 91.8 cm³/mol. The number of nitrogens with zero attached hydrogens (tertiary/aromatic N) is 1. The minimum absolute atomic E-state index is 0.169. The van der Waals surface area contributed by atoms with Gasteiger partial charge in [-0.3, -0.25) is 0 Å². The van der Waals surface area contributed by atoms with Crippen molar-refractivity contribution in [1.82, 2.24) is 10.2 Å². The number of hydrogen-bond acceptors (Lipinski definition) is 2. The highest BCUT2D eigenvalue weighted by molar-refractivity contribution is 5.25. The van der Waals surface area contributed by atoms with Crippen molar-refractivity contribution in [3.8, 4) is 0 Å². The Labute approximate surface area is 130 Å². The van der Waals surface area contributed by atoms with Gasteiger partial charge in [0.05, 0.1) is 0 Å². The quantitative estimate of drug-likeness (QED) is 0.859. The molecule has 1 aliphatic carbocycles. The second-order valence-corrected chi connectivity index (χ2v) is 7.20. The van der Waals surface area contributed by atoms with Gasteiger partial charge in [-0.15, -0.1) is 0 Å². The predicted octanol–water partition coefficient (Wildman–Crippen LogP) is 3.67. The third kappa shape index (κ3) is 4.08. The molecule has 1 fully saturated rings. The zero-order valence-electron chi connectivity index (χ0n) is 14.2. The first-order chi connectivity index (χ1) is 10.1. The first-order valence-electron chi connectivity index (χ1n) is 8.47. The lowest BCUT2D eigenvalue weighted by atomic mass is 9.79. The topological polar surface area (TPSA) is 15.3 Å². The maximum absolute atomic E-state index is 3.40. The van der Waals surface area contributed by atoms with Gasteiger partial charge < -0.3 is 10.2 Å². The normalized spacial score (nSPS) is 25.8. The van der Waals surface area contributed by atoms with Crippen LogP contribution < -0.4 is 5.32 Å². The first-order valence-corrected chi connectivity index (χ1v) is 8.47. The molecule has 21 heavy (non-hydrogen) atoms. The van der Waals surface area contributed by atoms with Gasteiger partial charge in [-0.2, -0.15) is 0 Å². The molecule has 2 heteroatoms. The minimum Gasteiger partial charge on any atom is -0.319 e. The molecule has 1 N–H and O–H groups in total. The molecule has 0 saturated heterocycles. The zero-order chi connectivity index (χ0) is 15.3. The van der Waals surface area contributed by atoms with E-state index in [9.17, 15) is 0 Å². The third-order valence-electron chi connectivity index (χ3n) is 5.27. The van der Waals surface area contributed by atoms with Crippen LogP contribution in [0.2, 0.25) is 0 Å². The third-order valence-corrected chi connectivity index (χ3v) is 5.27. The van der Waals surface area contributed by atoms with Gasteiger partial charge in [-0.05, 0) is 38.4 Å². The molecule has 1 aromatic rings. The summed E-state index contributed by atoms with van der Waals surface area (Å²) in [5, 5.41) is 3.40. The fraction of sp³-hybridized carbons (Fsp3) is 0.684. The minimum atomic E-state index is 0.169. The Bertz CT molecular complexity index is 417. The lowest BCUT2D eigenvalue weighted by Crippen LogP contribution is -2.49. The summed E-state index contributed by atoms with van der Waals surface area (Å²) in [7, 11) is 4.38. The van der Waals surface area contributed by atoms with Crippen LogP contribution in [0.5, 0.6) is 0 Å². The molecule has 0 heterocycles. The Morgan fingerprint density at radius 3 is 2.48 bits per heavy atom. The summed E-state index contributed by atoms with van der Waals surface area (Å²) in [6.45, 7) is 6.95. The average Bonchev–Trinajstić information content (AvgIpc) is 2.48. The van der Waals surface area contributed by atoms with Crippen LogP contribution in [-0.4, -0.2) is 38.1 Å². The van der Waals surface area contributed by atoms with Crippen molar-refractivity contribution in [3.63, 3.8) is 0 Å². The van der Waals surface area contributed by atoms with Crippen molar-refractivity contribution < 1.29 is 0 Å². The van der Waals surface area contributed by atoms with Gasteiger partial charge in [0.25, 0.3) is 0 Å². The molecular formula is C19H32N2. The van der Waals surface area contributed by atoms with Crippen LogP contribution >= 0.6 is 0 Å². The van der Waals surface area contributed by atoms with Crippen molar-refractivity contribution in [2.75, 3.05) is 27.2 Å². The largest absolute Gasteiger partial charge is 0.319 e. The van der Waals surface area contributed by atoms with E-state index in [1.165, 1.54) is 31.2 Å². The van der Waals surface area contributed by atoms with Crippen LogP contribution in [0.15, 0.2) is 30.3 Å². The molecule has 0 aliphatic heterocycles. The molecular weight excluding hydrogens is 256 g/mol. The molecule has 3 unspecified atom stereocenters. The van der Waals surface area contributed by atoms with Crippen LogP contribution in [0, 0.1) is 5.92 Å². The highest BCUT2D eigenvalue weighted by Gasteiger charge is 2.32. The summed E-state index contributed by atoms with van der Waals surface area (Å²) in [6, 6.07) is 11.7. The van der Waals surface area contributed by atoms with Crippen molar-refractivity contribution in [2.45, 2.75) is 51.0 Å². The molecule has 0 radical (unpaired) electrons. The van der Waals surface area contributed by atoms with Crippen LogP contribution in [-0.2, 0) is 5.41 Å². The van der Waals surface area contributed by atoms with E-state index in [4.69, 9.17) is 0 Å². The SMILES string of the molecule is CNCC(C)(CN(C)C1CCCCC1C)c1ccccc1. The van der Waals surface area contributed by atoms with E-state index < -0.39 is 0 Å². The number of rotatable bonds is 6. The molecule has 1 aromatic carbocycles. The summed E-state index contributed by atoms with van der Waals surface area (Å²) < 4.78 is 0. The van der Waals surface area contributed by atoms with Gasteiger partial charge in [-0.1, -0.05) is 57.0 Å². The van der Waals surface area contributed by atoms with Crippen molar-refractivity contribution in [1.29, 1.82) is 0 Å². The van der Waals surface area contributed by atoms with Crippen molar-refractivity contribution in [2.24, 2.45) is 5.92 Å². The molecule has 2 rings (SSSR count). The molecule has 118 valence electrons. The molecule has 3 atom stereocenters. The number of likely N-dealkylation sites (N-methyl/N-ethyl adjacent to an activating group) is 2. The van der Waals surface area contributed by atoms with E-state index >= 15 is 0 Å². The van der Waals surface area contributed by atoms with Crippen molar-refractivity contribution in [3.05, 3.63) is 35.9 Å². The highest BCUT2D eigenvalue weighted by Crippen LogP contribution is 2.31. The van der Waals surface area contributed by atoms with Crippen LogP contribution in [0.1, 0.15) is 45.1 Å². The van der Waals surface area contributed by atoms with Gasteiger partial charge in [0.15, 0.2) is 0 Å². The molecule has 0 spiro atoms. The first kappa shape index (κ1) is 16.5. The summed E-state index contributed by atoms with van der Waals surface area (Å²) in [5.41, 5.74) is 1.61. The maximum atomic E-state index is 3.40.